The average Bonchev–Trinajstić information content (AvgIpc) is 2.16. The van der Waals surface area contributed by atoms with E-state index in [9.17, 15) is 4.79 Å². The Bertz CT molecular complexity index is 408. The summed E-state index contributed by atoms with van der Waals surface area (Å²) >= 11 is 0. The lowest BCUT2D eigenvalue weighted by atomic mass is 9.96. The van der Waals surface area contributed by atoms with Crippen LogP contribution in [0.15, 0.2) is 17.3 Å². The van der Waals surface area contributed by atoms with Gasteiger partial charge in [-0.05, 0) is 17.5 Å². The lowest BCUT2D eigenvalue weighted by Crippen LogP contribution is -2.12. The normalized spacial score (nSPS) is 14.6. The zero-order valence-corrected chi connectivity index (χ0v) is 8.32. The topological polar surface area (TPSA) is 42.3 Å². The molecule has 1 aromatic heterocycles. The Labute approximate surface area is 82.9 Å². The van der Waals surface area contributed by atoms with E-state index in [0.717, 1.165) is 16.8 Å². The number of rotatable bonds is 1. The van der Waals surface area contributed by atoms with Gasteiger partial charge in [0, 0.05) is 18.0 Å². The molecule has 1 aliphatic heterocycles. The number of hydrogen-bond acceptors (Lipinski definition) is 2. The van der Waals surface area contributed by atoms with E-state index < -0.39 is 0 Å². The fraction of sp³-hybridized carbons (Fsp3) is 0.364. The molecule has 2 heterocycles. The van der Waals surface area contributed by atoms with Crippen LogP contribution in [0.3, 0.4) is 0 Å². The lowest BCUT2D eigenvalue weighted by Gasteiger charge is -2.14. The second kappa shape index (κ2) is 3.33. The molecule has 0 saturated heterocycles. The third-order valence-electron chi connectivity index (χ3n) is 2.34. The fourth-order valence-corrected chi connectivity index (χ4v) is 1.64. The largest absolute Gasteiger partial charge is 0.272 e. The summed E-state index contributed by atoms with van der Waals surface area (Å²) in [6, 6.07) is 1.89. The number of carbonyl (C=O) groups excluding carboxylic acids is 1. The molecule has 0 N–H and O–H groups in total. The summed E-state index contributed by atoms with van der Waals surface area (Å²) in [6.07, 6.45) is 3.82. The Morgan fingerprint density at radius 1 is 1.43 bits per heavy atom. The number of aliphatic imine (C=N–C) groups is 1. The summed E-state index contributed by atoms with van der Waals surface area (Å²) in [4.78, 5) is 19.2. The van der Waals surface area contributed by atoms with Crippen molar-refractivity contribution in [1.82, 2.24) is 4.98 Å². The van der Waals surface area contributed by atoms with E-state index >= 15 is 0 Å². The van der Waals surface area contributed by atoms with Crippen LogP contribution in [0.2, 0.25) is 0 Å². The maximum Gasteiger partial charge on any atom is 0.250 e. The van der Waals surface area contributed by atoms with Crippen LogP contribution in [0.5, 0.6) is 0 Å². The molecule has 1 aliphatic rings. The van der Waals surface area contributed by atoms with Crippen molar-refractivity contribution < 1.29 is 4.79 Å². The quantitative estimate of drug-likeness (QED) is 0.673. The Kier molecular flexibility index (Phi) is 2.15. The van der Waals surface area contributed by atoms with Crippen LogP contribution in [0.1, 0.15) is 36.6 Å². The van der Waals surface area contributed by atoms with Crippen molar-refractivity contribution in [3.8, 4) is 0 Å². The molecule has 72 valence electrons. The van der Waals surface area contributed by atoms with Crippen molar-refractivity contribution in [1.29, 1.82) is 0 Å². The predicted octanol–water partition coefficient (Wildman–Crippen LogP) is 1.71. The molecule has 0 bridgehead atoms. The number of fused-ring (bicyclic) bond motifs is 1. The highest BCUT2D eigenvalue weighted by Crippen LogP contribution is 2.21. The van der Waals surface area contributed by atoms with Crippen LogP contribution in [-0.4, -0.2) is 17.1 Å². The second-order valence-corrected chi connectivity index (χ2v) is 3.75. The molecule has 3 nitrogen and oxygen atoms in total. The summed E-state index contributed by atoms with van der Waals surface area (Å²) in [5.41, 5.74) is 3.10. The molecule has 0 unspecified atom stereocenters. The number of pyridine rings is 1. The summed E-state index contributed by atoms with van der Waals surface area (Å²) in [7, 11) is 0. The average molecular weight is 188 g/mol. The number of hydrogen-bond donors (Lipinski definition) is 0. The standard InChI is InChI=1S/C11H12N2O/c1-7(2)11-9-6-13-10(14)5-8(9)3-4-12-11/h3-4,6-7H,5H2,1-2H3. The van der Waals surface area contributed by atoms with E-state index in [2.05, 4.69) is 23.8 Å². The van der Waals surface area contributed by atoms with E-state index in [1.807, 2.05) is 6.07 Å². The third kappa shape index (κ3) is 1.45. The summed E-state index contributed by atoms with van der Waals surface area (Å²) in [6.45, 7) is 4.18. The molecule has 0 atom stereocenters. The van der Waals surface area contributed by atoms with Crippen molar-refractivity contribution >= 4 is 12.1 Å². The van der Waals surface area contributed by atoms with Gasteiger partial charge in [0.25, 0.3) is 0 Å². The minimum absolute atomic E-state index is 0.0709. The maximum absolute atomic E-state index is 11.1. The van der Waals surface area contributed by atoms with Gasteiger partial charge in [0.05, 0.1) is 12.1 Å². The molecule has 3 heteroatoms. The molecule has 0 aliphatic carbocycles. The van der Waals surface area contributed by atoms with Gasteiger partial charge >= 0.3 is 0 Å². The van der Waals surface area contributed by atoms with Gasteiger partial charge in [0.2, 0.25) is 5.91 Å². The molecular weight excluding hydrogens is 176 g/mol. The first-order chi connectivity index (χ1) is 6.68. The van der Waals surface area contributed by atoms with Crippen molar-refractivity contribution in [3.05, 3.63) is 29.1 Å². The zero-order chi connectivity index (χ0) is 10.1. The molecule has 0 fully saturated rings. The SMILES string of the molecule is CC(C)c1nccc2c1C=NC(=O)C2. The van der Waals surface area contributed by atoms with E-state index in [-0.39, 0.29) is 5.91 Å². The minimum atomic E-state index is -0.0709. The van der Waals surface area contributed by atoms with E-state index in [1.54, 1.807) is 12.4 Å². The van der Waals surface area contributed by atoms with Gasteiger partial charge in [-0.15, -0.1) is 0 Å². The highest BCUT2D eigenvalue weighted by atomic mass is 16.1. The molecule has 0 radical (unpaired) electrons. The fourth-order valence-electron chi connectivity index (χ4n) is 1.64. The van der Waals surface area contributed by atoms with Gasteiger partial charge in [-0.25, -0.2) is 4.99 Å². The molecule has 0 aromatic carbocycles. The first-order valence-corrected chi connectivity index (χ1v) is 4.73. The van der Waals surface area contributed by atoms with E-state index in [0.29, 0.717) is 12.3 Å². The van der Waals surface area contributed by atoms with Crippen molar-refractivity contribution in [2.24, 2.45) is 4.99 Å². The Morgan fingerprint density at radius 2 is 2.21 bits per heavy atom. The van der Waals surface area contributed by atoms with Crippen LogP contribution in [0.4, 0.5) is 0 Å². The van der Waals surface area contributed by atoms with Gasteiger partial charge in [-0.3, -0.25) is 9.78 Å². The van der Waals surface area contributed by atoms with Crippen LogP contribution in [0.25, 0.3) is 0 Å². The smallest absolute Gasteiger partial charge is 0.250 e. The molecule has 0 spiro atoms. The molecule has 0 saturated carbocycles. The van der Waals surface area contributed by atoms with Crippen LogP contribution < -0.4 is 0 Å². The predicted molar refractivity (Wildman–Crippen MR) is 54.6 cm³/mol. The Morgan fingerprint density at radius 3 is 2.93 bits per heavy atom. The highest BCUT2D eigenvalue weighted by molar-refractivity contribution is 5.99. The molecular formula is C11H12N2O. The number of aromatic nitrogens is 1. The molecule has 1 aromatic rings. The number of carbonyl (C=O) groups is 1. The Balaban J connectivity index is 2.55. The summed E-state index contributed by atoms with van der Waals surface area (Å²) < 4.78 is 0. The van der Waals surface area contributed by atoms with Crippen LogP contribution in [-0.2, 0) is 11.2 Å². The molecule has 2 rings (SSSR count). The third-order valence-corrected chi connectivity index (χ3v) is 2.34. The summed E-state index contributed by atoms with van der Waals surface area (Å²) in [5, 5.41) is 0. The lowest BCUT2D eigenvalue weighted by molar-refractivity contribution is -0.117. The van der Waals surface area contributed by atoms with Gasteiger partial charge < -0.3 is 0 Å². The first kappa shape index (κ1) is 9.06. The van der Waals surface area contributed by atoms with Crippen molar-refractivity contribution in [2.45, 2.75) is 26.2 Å². The van der Waals surface area contributed by atoms with Gasteiger partial charge in [0.1, 0.15) is 0 Å². The van der Waals surface area contributed by atoms with Gasteiger partial charge in [-0.1, -0.05) is 13.8 Å². The minimum Gasteiger partial charge on any atom is -0.272 e. The van der Waals surface area contributed by atoms with Gasteiger partial charge in [-0.2, -0.15) is 0 Å². The van der Waals surface area contributed by atoms with Gasteiger partial charge in [0.15, 0.2) is 0 Å². The molecule has 14 heavy (non-hydrogen) atoms. The summed E-state index contributed by atoms with van der Waals surface area (Å²) in [5.74, 6) is 0.294. The van der Waals surface area contributed by atoms with E-state index in [1.165, 1.54) is 0 Å². The maximum atomic E-state index is 11.1. The number of nitrogens with zero attached hydrogens (tertiary/aromatic N) is 2. The first-order valence-electron chi connectivity index (χ1n) is 4.73. The number of amides is 1. The van der Waals surface area contributed by atoms with Crippen LogP contribution in [0, 0.1) is 0 Å². The zero-order valence-electron chi connectivity index (χ0n) is 8.32. The van der Waals surface area contributed by atoms with Crippen LogP contribution >= 0.6 is 0 Å². The second-order valence-electron chi connectivity index (χ2n) is 3.75. The van der Waals surface area contributed by atoms with Crippen molar-refractivity contribution in [3.63, 3.8) is 0 Å². The molecule has 1 amide bonds. The Hall–Kier alpha value is -1.51. The van der Waals surface area contributed by atoms with Crippen molar-refractivity contribution in [2.75, 3.05) is 0 Å². The monoisotopic (exact) mass is 188 g/mol. The highest BCUT2D eigenvalue weighted by Gasteiger charge is 2.16. The van der Waals surface area contributed by atoms with E-state index in [4.69, 9.17) is 0 Å².